The maximum atomic E-state index is 12.8. The highest BCUT2D eigenvalue weighted by Gasteiger charge is 2.41. The molecule has 132 valence electrons. The molecular weight excluding hydrogens is 321 g/mol. The van der Waals surface area contributed by atoms with Crippen LogP contribution in [0.15, 0.2) is 18.2 Å². The zero-order chi connectivity index (χ0) is 17.7. The molecule has 0 bridgehead atoms. The van der Waals surface area contributed by atoms with Gasteiger partial charge in [0.1, 0.15) is 0 Å². The fourth-order valence-electron chi connectivity index (χ4n) is 3.15. The molecule has 1 aromatic rings. The van der Waals surface area contributed by atoms with Crippen LogP contribution in [-0.4, -0.2) is 49.5 Å². The van der Waals surface area contributed by atoms with Crippen molar-refractivity contribution in [1.29, 1.82) is 5.26 Å². The molecule has 4 nitrogen and oxygen atoms in total. The summed E-state index contributed by atoms with van der Waals surface area (Å²) in [5.74, 6) is 0.0267. The Kier molecular flexibility index (Phi) is 6.21. The Morgan fingerprint density at radius 3 is 2.58 bits per heavy atom. The maximum absolute atomic E-state index is 12.8. The molecule has 1 unspecified atom stereocenters. The molecule has 1 aliphatic heterocycles. The van der Waals surface area contributed by atoms with E-state index in [1.807, 2.05) is 6.07 Å². The van der Waals surface area contributed by atoms with E-state index in [0.717, 1.165) is 32.5 Å². The Morgan fingerprint density at radius 1 is 1.38 bits per heavy atom. The largest absolute Gasteiger partial charge is 0.418 e. The second-order valence-electron chi connectivity index (χ2n) is 5.98. The van der Waals surface area contributed by atoms with Gasteiger partial charge >= 0.3 is 6.18 Å². The molecular formula is C17H21F3N2O2. The minimum Gasteiger partial charge on any atom is -0.383 e. The Bertz CT molecular complexity index is 590. The average molecular weight is 342 g/mol. The fraction of sp³-hybridized carbons (Fsp3) is 0.588. The molecule has 1 aliphatic rings. The first-order chi connectivity index (χ1) is 11.4. The molecule has 1 fully saturated rings. The molecule has 0 radical (unpaired) electrons. The summed E-state index contributed by atoms with van der Waals surface area (Å²) in [7, 11) is 1.64. The van der Waals surface area contributed by atoms with E-state index in [-0.39, 0.29) is 17.0 Å². The van der Waals surface area contributed by atoms with E-state index in [9.17, 15) is 23.5 Å². The van der Waals surface area contributed by atoms with Gasteiger partial charge in [0, 0.05) is 19.2 Å². The Balaban J connectivity index is 2.19. The van der Waals surface area contributed by atoms with Gasteiger partial charge in [0.25, 0.3) is 0 Å². The summed E-state index contributed by atoms with van der Waals surface area (Å²) in [6.07, 6.45) is -5.88. The van der Waals surface area contributed by atoms with E-state index in [2.05, 4.69) is 4.90 Å². The van der Waals surface area contributed by atoms with Gasteiger partial charge in [0.15, 0.2) is 6.10 Å². The quantitative estimate of drug-likeness (QED) is 0.894. The first-order valence-electron chi connectivity index (χ1n) is 7.87. The predicted octanol–water partition coefficient (Wildman–Crippen LogP) is 2.98. The highest BCUT2D eigenvalue weighted by atomic mass is 19.4. The van der Waals surface area contributed by atoms with Crippen LogP contribution in [-0.2, 0) is 4.74 Å². The Hall–Kier alpha value is -1.62. The summed E-state index contributed by atoms with van der Waals surface area (Å²) in [5.41, 5.74) is 0.201. The van der Waals surface area contributed by atoms with E-state index in [0.29, 0.717) is 12.2 Å². The molecule has 1 heterocycles. The SMILES string of the molecule is COCCN1CCC(c2cccc(C(O)C(F)(F)F)c2C#N)CC1. The summed E-state index contributed by atoms with van der Waals surface area (Å²) in [4.78, 5) is 2.24. The normalized spacial score (nSPS) is 18.3. The van der Waals surface area contributed by atoms with Gasteiger partial charge in [-0.05, 0) is 37.4 Å². The molecule has 0 aromatic heterocycles. The summed E-state index contributed by atoms with van der Waals surface area (Å²) in [6.45, 7) is 3.08. The van der Waals surface area contributed by atoms with Crippen LogP contribution in [0.3, 0.4) is 0 Å². The molecule has 1 atom stereocenters. The van der Waals surface area contributed by atoms with E-state index in [1.165, 1.54) is 12.1 Å². The second kappa shape index (κ2) is 7.97. The molecule has 1 N–H and O–H groups in total. The van der Waals surface area contributed by atoms with Crippen molar-refractivity contribution in [1.82, 2.24) is 4.90 Å². The first kappa shape index (κ1) is 18.7. The number of benzene rings is 1. The number of nitrogens with zero attached hydrogens (tertiary/aromatic N) is 2. The number of ether oxygens (including phenoxy) is 1. The minimum absolute atomic E-state index is 0.0267. The fourth-order valence-corrected chi connectivity index (χ4v) is 3.15. The lowest BCUT2D eigenvalue weighted by Crippen LogP contribution is -2.35. The third kappa shape index (κ3) is 4.26. The van der Waals surface area contributed by atoms with Gasteiger partial charge in [-0.1, -0.05) is 18.2 Å². The molecule has 0 aliphatic carbocycles. The van der Waals surface area contributed by atoms with Crippen LogP contribution in [0.25, 0.3) is 0 Å². The van der Waals surface area contributed by atoms with Gasteiger partial charge in [-0.3, -0.25) is 0 Å². The van der Waals surface area contributed by atoms with Crippen molar-refractivity contribution in [3.05, 3.63) is 34.9 Å². The minimum atomic E-state index is -4.78. The van der Waals surface area contributed by atoms with Crippen LogP contribution in [0.2, 0.25) is 0 Å². The average Bonchev–Trinajstić information content (AvgIpc) is 2.58. The van der Waals surface area contributed by atoms with Crippen LogP contribution in [0.5, 0.6) is 0 Å². The van der Waals surface area contributed by atoms with Crippen molar-refractivity contribution in [3.8, 4) is 6.07 Å². The highest BCUT2D eigenvalue weighted by Crippen LogP contribution is 2.38. The predicted molar refractivity (Wildman–Crippen MR) is 82.5 cm³/mol. The molecule has 2 rings (SSSR count). The zero-order valence-corrected chi connectivity index (χ0v) is 13.5. The van der Waals surface area contributed by atoms with Crippen molar-refractivity contribution in [2.45, 2.75) is 31.0 Å². The molecule has 0 saturated carbocycles. The third-order valence-corrected chi connectivity index (χ3v) is 4.48. The third-order valence-electron chi connectivity index (χ3n) is 4.48. The number of alkyl halides is 3. The molecule has 7 heteroatoms. The number of methoxy groups -OCH3 is 1. The van der Waals surface area contributed by atoms with Gasteiger partial charge in [0.2, 0.25) is 0 Å². The molecule has 24 heavy (non-hydrogen) atoms. The number of piperidine rings is 1. The molecule has 1 saturated heterocycles. The molecule has 0 spiro atoms. The number of hydrogen-bond acceptors (Lipinski definition) is 4. The highest BCUT2D eigenvalue weighted by molar-refractivity contribution is 5.47. The van der Waals surface area contributed by atoms with Crippen molar-refractivity contribution in [2.75, 3.05) is 33.4 Å². The van der Waals surface area contributed by atoms with Crippen molar-refractivity contribution in [3.63, 3.8) is 0 Å². The van der Waals surface area contributed by atoms with Crippen molar-refractivity contribution >= 4 is 0 Å². The number of hydrogen-bond donors (Lipinski definition) is 1. The van der Waals surface area contributed by atoms with Gasteiger partial charge in [-0.2, -0.15) is 18.4 Å². The summed E-state index contributed by atoms with van der Waals surface area (Å²) in [5, 5.41) is 18.9. The number of nitriles is 1. The van der Waals surface area contributed by atoms with Crippen LogP contribution in [0.1, 0.15) is 41.6 Å². The summed E-state index contributed by atoms with van der Waals surface area (Å²) >= 11 is 0. The Morgan fingerprint density at radius 2 is 2.04 bits per heavy atom. The lowest BCUT2D eigenvalue weighted by atomic mass is 9.84. The van der Waals surface area contributed by atoms with Crippen molar-refractivity contribution in [2.24, 2.45) is 0 Å². The molecule has 1 aromatic carbocycles. The summed E-state index contributed by atoms with van der Waals surface area (Å²) < 4.78 is 43.5. The van der Waals surface area contributed by atoms with Crippen molar-refractivity contribution < 1.29 is 23.0 Å². The topological polar surface area (TPSA) is 56.5 Å². The van der Waals surface area contributed by atoms with Gasteiger partial charge in [-0.15, -0.1) is 0 Å². The Labute approximate surface area is 139 Å². The van der Waals surface area contributed by atoms with Crippen LogP contribution < -0.4 is 0 Å². The number of aliphatic hydroxyl groups excluding tert-OH is 1. The standard InChI is InChI=1S/C17H21F3N2O2/c1-24-10-9-22-7-5-12(6-8-22)13-3-2-4-14(15(13)11-21)16(23)17(18,19)20/h2-4,12,16,23H,5-10H2,1H3. The summed E-state index contributed by atoms with van der Waals surface area (Å²) in [6, 6.07) is 6.22. The molecule has 0 amide bonds. The number of rotatable bonds is 5. The lowest BCUT2D eigenvalue weighted by molar-refractivity contribution is -0.206. The van der Waals surface area contributed by atoms with Crippen LogP contribution in [0, 0.1) is 11.3 Å². The first-order valence-corrected chi connectivity index (χ1v) is 7.87. The van der Waals surface area contributed by atoms with Crippen LogP contribution in [0.4, 0.5) is 13.2 Å². The smallest absolute Gasteiger partial charge is 0.383 e. The number of aliphatic hydroxyl groups is 1. The number of halogens is 3. The second-order valence-corrected chi connectivity index (χ2v) is 5.98. The number of likely N-dealkylation sites (tertiary alicyclic amines) is 1. The van der Waals surface area contributed by atoms with Gasteiger partial charge in [-0.25, -0.2) is 0 Å². The lowest BCUT2D eigenvalue weighted by Gasteiger charge is -2.32. The van der Waals surface area contributed by atoms with E-state index < -0.39 is 12.3 Å². The van der Waals surface area contributed by atoms with Gasteiger partial charge < -0.3 is 14.7 Å². The van der Waals surface area contributed by atoms with E-state index in [4.69, 9.17) is 4.74 Å². The monoisotopic (exact) mass is 342 g/mol. The van der Waals surface area contributed by atoms with E-state index in [1.54, 1.807) is 13.2 Å². The zero-order valence-electron chi connectivity index (χ0n) is 13.5. The van der Waals surface area contributed by atoms with Gasteiger partial charge in [0.05, 0.1) is 18.2 Å². The van der Waals surface area contributed by atoms with E-state index >= 15 is 0 Å². The maximum Gasteiger partial charge on any atom is 0.418 e. The van der Waals surface area contributed by atoms with Crippen LogP contribution >= 0.6 is 0 Å².